The number of nitro groups is 1. The molecule has 0 aliphatic carbocycles. The van der Waals surface area contributed by atoms with Gasteiger partial charge in [-0.2, -0.15) is 13.2 Å². The van der Waals surface area contributed by atoms with E-state index >= 15 is 0 Å². The molecule has 0 aliphatic rings. The molecule has 0 unspecified atom stereocenters. The van der Waals surface area contributed by atoms with Gasteiger partial charge in [0.25, 0.3) is 5.69 Å². The SMILES string of the molecule is CCOC(=O)c1ccc(Nc2ccc(C(F)(F)F)cc2[N+](=O)[O-])cc1. The van der Waals surface area contributed by atoms with Crippen LogP contribution in [0.25, 0.3) is 0 Å². The molecule has 0 amide bonds. The van der Waals surface area contributed by atoms with Crippen LogP contribution in [-0.2, 0) is 10.9 Å². The Bertz CT molecular complexity index is 789. The second-order valence-electron chi connectivity index (χ2n) is 4.91. The van der Waals surface area contributed by atoms with E-state index in [1.54, 1.807) is 6.92 Å². The van der Waals surface area contributed by atoms with Gasteiger partial charge in [0.05, 0.1) is 22.7 Å². The first-order chi connectivity index (χ1) is 11.7. The molecule has 2 aromatic rings. The minimum atomic E-state index is -4.68. The van der Waals surface area contributed by atoms with Crippen LogP contribution in [0.3, 0.4) is 0 Å². The topological polar surface area (TPSA) is 81.5 Å². The van der Waals surface area contributed by atoms with Gasteiger partial charge < -0.3 is 10.1 Å². The normalized spacial score (nSPS) is 11.0. The second kappa shape index (κ2) is 7.20. The lowest BCUT2D eigenvalue weighted by Gasteiger charge is -2.11. The van der Waals surface area contributed by atoms with Gasteiger partial charge in [-0.15, -0.1) is 0 Å². The lowest BCUT2D eigenvalue weighted by atomic mass is 10.1. The second-order valence-corrected chi connectivity index (χ2v) is 4.91. The maximum Gasteiger partial charge on any atom is 0.416 e. The highest BCUT2D eigenvalue weighted by Gasteiger charge is 2.33. The third kappa shape index (κ3) is 4.46. The zero-order chi connectivity index (χ0) is 18.6. The number of nitrogens with one attached hydrogen (secondary N) is 1. The van der Waals surface area contributed by atoms with Crippen molar-refractivity contribution in [3.63, 3.8) is 0 Å². The summed E-state index contributed by atoms with van der Waals surface area (Å²) in [6, 6.07) is 8.02. The number of esters is 1. The lowest BCUT2D eigenvalue weighted by molar-refractivity contribution is -0.384. The summed E-state index contributed by atoms with van der Waals surface area (Å²) in [5, 5.41) is 13.7. The average Bonchev–Trinajstić information content (AvgIpc) is 2.55. The molecule has 0 saturated carbocycles. The number of hydrogen-bond acceptors (Lipinski definition) is 5. The molecule has 0 bridgehead atoms. The van der Waals surface area contributed by atoms with Gasteiger partial charge in [-0.1, -0.05) is 0 Å². The fourth-order valence-corrected chi connectivity index (χ4v) is 2.02. The molecule has 25 heavy (non-hydrogen) atoms. The number of rotatable bonds is 5. The molecule has 0 saturated heterocycles. The average molecular weight is 354 g/mol. The number of nitrogens with zero attached hydrogens (tertiary/aromatic N) is 1. The Kier molecular flexibility index (Phi) is 5.26. The summed E-state index contributed by atoms with van der Waals surface area (Å²) in [4.78, 5) is 21.7. The molecular formula is C16H13F3N2O4. The molecule has 0 radical (unpaired) electrons. The maximum atomic E-state index is 12.7. The van der Waals surface area contributed by atoms with Gasteiger partial charge in [0, 0.05) is 11.8 Å². The Morgan fingerprint density at radius 1 is 1.20 bits per heavy atom. The highest BCUT2D eigenvalue weighted by Crippen LogP contribution is 2.36. The van der Waals surface area contributed by atoms with Crippen LogP contribution in [0.1, 0.15) is 22.8 Å². The van der Waals surface area contributed by atoms with E-state index in [2.05, 4.69) is 5.32 Å². The molecule has 0 aliphatic heterocycles. The molecule has 9 heteroatoms. The van der Waals surface area contributed by atoms with Crippen LogP contribution < -0.4 is 5.32 Å². The Hall–Kier alpha value is -3.10. The van der Waals surface area contributed by atoms with Crippen LogP contribution in [-0.4, -0.2) is 17.5 Å². The van der Waals surface area contributed by atoms with Crippen molar-refractivity contribution in [2.24, 2.45) is 0 Å². The molecule has 0 fully saturated rings. The summed E-state index contributed by atoms with van der Waals surface area (Å²) in [5.74, 6) is -0.519. The summed E-state index contributed by atoms with van der Waals surface area (Å²) in [6.45, 7) is 1.88. The molecule has 6 nitrogen and oxygen atoms in total. The molecule has 0 atom stereocenters. The van der Waals surface area contributed by atoms with Crippen LogP contribution in [0.2, 0.25) is 0 Å². The van der Waals surface area contributed by atoms with Crippen LogP contribution in [0.4, 0.5) is 30.2 Å². The predicted octanol–water partition coefficient (Wildman–Crippen LogP) is 4.53. The van der Waals surface area contributed by atoms with Crippen molar-refractivity contribution in [2.75, 3.05) is 11.9 Å². The van der Waals surface area contributed by atoms with Gasteiger partial charge in [-0.05, 0) is 43.3 Å². The molecule has 0 heterocycles. The first kappa shape index (κ1) is 18.2. The van der Waals surface area contributed by atoms with Crippen LogP contribution in [0.5, 0.6) is 0 Å². The standard InChI is InChI=1S/C16H13F3N2O4/c1-2-25-15(22)10-3-6-12(7-4-10)20-13-8-5-11(16(17,18)19)9-14(13)21(23)24/h3-9,20H,2H2,1H3. The summed E-state index contributed by atoms with van der Waals surface area (Å²) in [6.07, 6.45) is -4.68. The number of anilines is 2. The molecule has 0 spiro atoms. The van der Waals surface area contributed by atoms with Gasteiger partial charge in [-0.3, -0.25) is 10.1 Å². The van der Waals surface area contributed by atoms with Gasteiger partial charge >= 0.3 is 12.1 Å². The number of ether oxygens (including phenoxy) is 1. The van der Waals surface area contributed by atoms with Crippen molar-refractivity contribution >= 4 is 23.0 Å². The van der Waals surface area contributed by atoms with Crippen molar-refractivity contribution < 1.29 is 27.6 Å². The van der Waals surface area contributed by atoms with Crippen molar-refractivity contribution in [3.05, 3.63) is 63.7 Å². The third-order valence-corrected chi connectivity index (χ3v) is 3.20. The Balaban J connectivity index is 2.28. The molecule has 2 aromatic carbocycles. The predicted molar refractivity (Wildman–Crippen MR) is 83.8 cm³/mol. The first-order valence-electron chi connectivity index (χ1n) is 7.12. The summed E-state index contributed by atoms with van der Waals surface area (Å²) in [7, 11) is 0. The van der Waals surface area contributed by atoms with Crippen LogP contribution >= 0.6 is 0 Å². The van der Waals surface area contributed by atoms with E-state index < -0.39 is 28.3 Å². The number of halogens is 3. The number of carbonyl (C=O) groups is 1. The van der Waals surface area contributed by atoms with Gasteiger partial charge in [0.2, 0.25) is 0 Å². The number of alkyl halides is 3. The zero-order valence-corrected chi connectivity index (χ0v) is 13.0. The summed E-state index contributed by atoms with van der Waals surface area (Å²) in [5.41, 5.74) is -1.25. The molecular weight excluding hydrogens is 341 g/mol. The van der Waals surface area contributed by atoms with Crippen molar-refractivity contribution in [1.29, 1.82) is 0 Å². The largest absolute Gasteiger partial charge is 0.462 e. The fraction of sp³-hybridized carbons (Fsp3) is 0.188. The summed E-state index contributed by atoms with van der Waals surface area (Å²) < 4.78 is 42.9. The Labute approximate surface area is 140 Å². The number of carbonyl (C=O) groups excluding carboxylic acids is 1. The summed E-state index contributed by atoms with van der Waals surface area (Å²) >= 11 is 0. The minimum absolute atomic E-state index is 0.0955. The smallest absolute Gasteiger partial charge is 0.416 e. The van der Waals surface area contributed by atoms with E-state index in [9.17, 15) is 28.1 Å². The van der Waals surface area contributed by atoms with E-state index in [0.717, 1.165) is 12.1 Å². The van der Waals surface area contributed by atoms with E-state index in [1.807, 2.05) is 0 Å². The van der Waals surface area contributed by atoms with Crippen LogP contribution in [0, 0.1) is 10.1 Å². The quantitative estimate of drug-likeness (QED) is 0.484. The highest BCUT2D eigenvalue weighted by atomic mass is 19.4. The lowest BCUT2D eigenvalue weighted by Crippen LogP contribution is -2.07. The molecule has 0 aromatic heterocycles. The minimum Gasteiger partial charge on any atom is -0.462 e. The third-order valence-electron chi connectivity index (χ3n) is 3.20. The number of nitro benzene ring substituents is 1. The molecule has 2 rings (SSSR count). The van der Waals surface area contributed by atoms with Gasteiger partial charge in [-0.25, -0.2) is 4.79 Å². The van der Waals surface area contributed by atoms with Crippen LogP contribution in [0.15, 0.2) is 42.5 Å². The highest BCUT2D eigenvalue weighted by molar-refractivity contribution is 5.90. The molecule has 132 valence electrons. The van der Waals surface area contributed by atoms with Gasteiger partial charge in [0.15, 0.2) is 0 Å². The number of benzene rings is 2. The van der Waals surface area contributed by atoms with Crippen molar-refractivity contribution in [2.45, 2.75) is 13.1 Å². The van der Waals surface area contributed by atoms with Crippen molar-refractivity contribution in [1.82, 2.24) is 0 Å². The Morgan fingerprint density at radius 3 is 2.36 bits per heavy atom. The first-order valence-corrected chi connectivity index (χ1v) is 7.12. The van der Waals surface area contributed by atoms with Crippen molar-refractivity contribution in [3.8, 4) is 0 Å². The fourth-order valence-electron chi connectivity index (χ4n) is 2.02. The Morgan fingerprint density at radius 2 is 1.84 bits per heavy atom. The van der Waals surface area contributed by atoms with Gasteiger partial charge in [0.1, 0.15) is 5.69 Å². The monoisotopic (exact) mass is 354 g/mol. The van der Waals surface area contributed by atoms with E-state index in [1.165, 1.54) is 24.3 Å². The maximum absolute atomic E-state index is 12.7. The number of hydrogen-bond donors (Lipinski definition) is 1. The van der Waals surface area contributed by atoms with E-state index in [0.29, 0.717) is 11.8 Å². The zero-order valence-electron chi connectivity index (χ0n) is 13.0. The van der Waals surface area contributed by atoms with E-state index in [4.69, 9.17) is 4.74 Å². The van der Waals surface area contributed by atoms with E-state index in [-0.39, 0.29) is 17.9 Å². The molecule has 1 N–H and O–H groups in total.